The molecule has 0 aromatic rings. The Hall–Kier alpha value is -0.610. The number of aliphatic hydroxyl groups is 1. The first-order chi connectivity index (χ1) is 6.57. The van der Waals surface area contributed by atoms with Crippen molar-refractivity contribution in [2.75, 3.05) is 13.2 Å². The summed E-state index contributed by atoms with van der Waals surface area (Å²) in [4.78, 5) is 10.8. The van der Waals surface area contributed by atoms with Gasteiger partial charge in [-0.25, -0.2) is 0 Å². The molecule has 1 atom stereocenters. The lowest BCUT2D eigenvalue weighted by molar-refractivity contribution is -0.139. The average Bonchev–Trinajstić information content (AvgIpc) is 2.09. The van der Waals surface area contributed by atoms with Crippen LogP contribution >= 0.6 is 0 Å². The lowest BCUT2D eigenvalue weighted by atomic mass is 10.0. The molecule has 0 spiro atoms. The van der Waals surface area contributed by atoms with E-state index in [4.69, 9.17) is 10.2 Å². The van der Waals surface area contributed by atoms with Crippen molar-refractivity contribution in [2.24, 2.45) is 5.92 Å². The van der Waals surface area contributed by atoms with E-state index in [-0.39, 0.29) is 6.61 Å². The second-order valence-corrected chi connectivity index (χ2v) is 3.91. The van der Waals surface area contributed by atoms with Crippen LogP contribution < -0.4 is 5.32 Å². The van der Waals surface area contributed by atoms with Crippen LogP contribution in [0.2, 0.25) is 0 Å². The van der Waals surface area contributed by atoms with Gasteiger partial charge in [0.1, 0.15) is 6.04 Å². The van der Waals surface area contributed by atoms with Crippen molar-refractivity contribution in [1.29, 1.82) is 0 Å². The molecule has 0 bridgehead atoms. The molecule has 0 amide bonds. The summed E-state index contributed by atoms with van der Waals surface area (Å²) in [5, 5.41) is 20.4. The average molecular weight is 203 g/mol. The molecule has 4 nitrogen and oxygen atoms in total. The highest BCUT2D eigenvalue weighted by Crippen LogP contribution is 2.04. The third kappa shape index (κ3) is 6.86. The third-order valence-corrected chi connectivity index (χ3v) is 1.98. The molecule has 84 valence electrons. The number of aliphatic carboxylic acids is 1. The summed E-state index contributed by atoms with van der Waals surface area (Å²) >= 11 is 0. The van der Waals surface area contributed by atoms with Crippen molar-refractivity contribution in [3.8, 4) is 0 Å². The minimum Gasteiger partial charge on any atom is -0.480 e. The van der Waals surface area contributed by atoms with Gasteiger partial charge in [-0.1, -0.05) is 13.8 Å². The maximum absolute atomic E-state index is 10.8. The Morgan fingerprint density at radius 2 is 2.00 bits per heavy atom. The fourth-order valence-corrected chi connectivity index (χ4v) is 1.26. The first-order valence-corrected chi connectivity index (χ1v) is 5.15. The number of aliphatic hydroxyl groups excluding tert-OH is 1. The van der Waals surface area contributed by atoms with Gasteiger partial charge in [0.2, 0.25) is 0 Å². The normalized spacial score (nSPS) is 13.1. The largest absolute Gasteiger partial charge is 0.480 e. The van der Waals surface area contributed by atoms with Crippen molar-refractivity contribution in [2.45, 2.75) is 39.2 Å². The first kappa shape index (κ1) is 13.4. The van der Waals surface area contributed by atoms with Gasteiger partial charge in [0.05, 0.1) is 0 Å². The smallest absolute Gasteiger partial charge is 0.320 e. The molecule has 4 heteroatoms. The summed E-state index contributed by atoms with van der Waals surface area (Å²) < 4.78 is 0. The standard InChI is InChI=1S/C10H21NO3/c1-8(2)7-9(10(13)14)11-5-3-4-6-12/h8-9,11-12H,3-7H2,1-2H3,(H,13,14). The lowest BCUT2D eigenvalue weighted by Gasteiger charge is -2.16. The molecule has 0 aliphatic heterocycles. The van der Waals surface area contributed by atoms with E-state index in [0.29, 0.717) is 18.9 Å². The summed E-state index contributed by atoms with van der Waals surface area (Å²) in [6.07, 6.45) is 2.19. The van der Waals surface area contributed by atoms with Crippen molar-refractivity contribution in [3.05, 3.63) is 0 Å². The molecule has 3 N–H and O–H groups in total. The zero-order valence-corrected chi connectivity index (χ0v) is 8.99. The maximum atomic E-state index is 10.8. The van der Waals surface area contributed by atoms with Crippen LogP contribution in [-0.4, -0.2) is 35.4 Å². The zero-order chi connectivity index (χ0) is 11.0. The number of hydrogen-bond donors (Lipinski definition) is 3. The van der Waals surface area contributed by atoms with E-state index in [1.165, 1.54) is 0 Å². The minimum absolute atomic E-state index is 0.170. The van der Waals surface area contributed by atoms with Crippen LogP contribution in [-0.2, 0) is 4.79 Å². The van der Waals surface area contributed by atoms with Crippen LogP contribution in [0, 0.1) is 5.92 Å². The second-order valence-electron chi connectivity index (χ2n) is 3.91. The second kappa shape index (κ2) is 7.76. The number of carbonyl (C=O) groups is 1. The van der Waals surface area contributed by atoms with Gasteiger partial charge in [-0.2, -0.15) is 0 Å². The van der Waals surface area contributed by atoms with E-state index in [9.17, 15) is 4.79 Å². The van der Waals surface area contributed by atoms with Gasteiger partial charge in [-0.15, -0.1) is 0 Å². The molecule has 0 aromatic carbocycles. The molecule has 0 aliphatic rings. The van der Waals surface area contributed by atoms with Crippen LogP contribution in [0.3, 0.4) is 0 Å². The summed E-state index contributed by atoms with van der Waals surface area (Å²) in [6, 6.07) is -0.450. The van der Waals surface area contributed by atoms with Gasteiger partial charge in [-0.3, -0.25) is 4.79 Å². The number of rotatable bonds is 8. The zero-order valence-electron chi connectivity index (χ0n) is 8.99. The molecule has 0 radical (unpaired) electrons. The number of hydrogen-bond acceptors (Lipinski definition) is 3. The number of unbranched alkanes of at least 4 members (excludes halogenated alkanes) is 1. The predicted octanol–water partition coefficient (Wildman–Crippen LogP) is 0.848. The van der Waals surface area contributed by atoms with Crippen LogP contribution in [0.25, 0.3) is 0 Å². The van der Waals surface area contributed by atoms with Gasteiger partial charge < -0.3 is 15.5 Å². The Balaban J connectivity index is 3.68. The molecule has 0 aliphatic carbocycles. The first-order valence-electron chi connectivity index (χ1n) is 5.15. The summed E-state index contributed by atoms with van der Waals surface area (Å²) in [6.45, 7) is 4.84. The fourth-order valence-electron chi connectivity index (χ4n) is 1.26. The Labute approximate surface area is 85.3 Å². The van der Waals surface area contributed by atoms with E-state index in [1.807, 2.05) is 13.8 Å². The monoisotopic (exact) mass is 203 g/mol. The molecule has 1 unspecified atom stereocenters. The highest BCUT2D eigenvalue weighted by Gasteiger charge is 2.17. The van der Waals surface area contributed by atoms with E-state index in [2.05, 4.69) is 5.32 Å². The van der Waals surface area contributed by atoms with Gasteiger partial charge in [0.15, 0.2) is 0 Å². The van der Waals surface area contributed by atoms with Crippen molar-refractivity contribution in [3.63, 3.8) is 0 Å². The molecule has 0 aromatic heterocycles. The number of carboxylic acids is 1. The minimum atomic E-state index is -0.789. The van der Waals surface area contributed by atoms with Gasteiger partial charge in [0, 0.05) is 6.61 Å². The van der Waals surface area contributed by atoms with Crippen LogP contribution in [0.4, 0.5) is 0 Å². The molecule has 0 heterocycles. The van der Waals surface area contributed by atoms with Gasteiger partial charge in [0.25, 0.3) is 0 Å². The topological polar surface area (TPSA) is 69.6 Å². The van der Waals surface area contributed by atoms with Crippen molar-refractivity contribution >= 4 is 5.97 Å². The summed E-state index contributed by atoms with van der Waals surface area (Å²) in [5.74, 6) is -0.413. The van der Waals surface area contributed by atoms with Gasteiger partial charge >= 0.3 is 5.97 Å². The Bertz CT molecular complexity index is 159. The molecule has 0 saturated heterocycles. The van der Waals surface area contributed by atoms with Crippen molar-refractivity contribution < 1.29 is 15.0 Å². The SMILES string of the molecule is CC(C)CC(NCCCCO)C(=O)O. The molecule has 0 rings (SSSR count). The van der Waals surface area contributed by atoms with E-state index < -0.39 is 12.0 Å². The quantitative estimate of drug-likeness (QED) is 0.511. The fraction of sp³-hybridized carbons (Fsp3) is 0.900. The highest BCUT2D eigenvalue weighted by molar-refractivity contribution is 5.73. The van der Waals surface area contributed by atoms with Crippen LogP contribution in [0.5, 0.6) is 0 Å². The number of carboxylic acid groups (broad SMARTS) is 1. The third-order valence-electron chi connectivity index (χ3n) is 1.98. The highest BCUT2D eigenvalue weighted by atomic mass is 16.4. The number of nitrogens with one attached hydrogen (secondary N) is 1. The van der Waals surface area contributed by atoms with Gasteiger partial charge in [-0.05, 0) is 31.7 Å². The Kier molecular flexibility index (Phi) is 7.42. The molecule has 14 heavy (non-hydrogen) atoms. The van der Waals surface area contributed by atoms with E-state index in [1.54, 1.807) is 0 Å². The molecule has 0 saturated carbocycles. The lowest BCUT2D eigenvalue weighted by Crippen LogP contribution is -2.38. The molecular formula is C10H21NO3. The Morgan fingerprint density at radius 3 is 2.43 bits per heavy atom. The molecule has 0 fully saturated rings. The summed E-state index contributed by atoms with van der Waals surface area (Å²) in [5.41, 5.74) is 0. The van der Waals surface area contributed by atoms with E-state index >= 15 is 0 Å². The van der Waals surface area contributed by atoms with Crippen LogP contribution in [0.1, 0.15) is 33.1 Å². The predicted molar refractivity (Wildman–Crippen MR) is 55.2 cm³/mol. The Morgan fingerprint density at radius 1 is 1.36 bits per heavy atom. The summed E-state index contributed by atoms with van der Waals surface area (Å²) in [7, 11) is 0. The van der Waals surface area contributed by atoms with Crippen LogP contribution in [0.15, 0.2) is 0 Å². The molecular weight excluding hydrogens is 182 g/mol. The maximum Gasteiger partial charge on any atom is 0.320 e. The van der Waals surface area contributed by atoms with E-state index in [0.717, 1.165) is 12.8 Å². The van der Waals surface area contributed by atoms with Crippen molar-refractivity contribution in [1.82, 2.24) is 5.32 Å².